The van der Waals surface area contributed by atoms with Crippen molar-refractivity contribution in [3.8, 4) is 5.75 Å². The minimum absolute atomic E-state index is 0.0271. The molecule has 6 rings (SSSR count). The lowest BCUT2D eigenvalue weighted by atomic mass is 9.86. The molecule has 1 spiro atoms. The molecule has 4 aliphatic heterocycles. The van der Waals surface area contributed by atoms with Crippen LogP contribution in [0.15, 0.2) is 23.7 Å². The number of ether oxygens (including phenoxy) is 3. The van der Waals surface area contributed by atoms with Crippen molar-refractivity contribution in [1.29, 1.82) is 0 Å². The van der Waals surface area contributed by atoms with Gasteiger partial charge in [0.15, 0.2) is 0 Å². The number of halogens is 1. The summed E-state index contributed by atoms with van der Waals surface area (Å²) in [6, 6.07) is 5.47. The fourth-order valence-electron chi connectivity index (χ4n) is 5.83. The van der Waals surface area contributed by atoms with Crippen LogP contribution in [0.4, 0.5) is 9.52 Å². The van der Waals surface area contributed by atoms with Crippen molar-refractivity contribution in [2.75, 3.05) is 57.5 Å². The van der Waals surface area contributed by atoms with E-state index in [0.717, 1.165) is 88.1 Å². The fourth-order valence-corrected chi connectivity index (χ4v) is 6.39. The Balaban J connectivity index is 1.03. The molecule has 33 heavy (non-hydrogen) atoms. The Labute approximate surface area is 197 Å². The maximum atomic E-state index is 14.1. The van der Waals surface area contributed by atoms with Crippen LogP contribution in [-0.4, -0.2) is 79.3 Å². The van der Waals surface area contributed by atoms with Gasteiger partial charge in [-0.05, 0) is 62.9 Å². The molecule has 0 N–H and O–H groups in total. The Morgan fingerprint density at radius 2 is 2.06 bits per heavy atom. The van der Waals surface area contributed by atoms with Gasteiger partial charge in [-0.2, -0.15) is 0 Å². The fraction of sp³-hybridized carbons (Fsp3) is 0.667. The Hall–Kier alpha value is -1.81. The molecule has 2 atom stereocenters. The number of likely N-dealkylation sites (tertiary alicyclic amines) is 1. The first-order chi connectivity index (χ1) is 16.2. The van der Waals surface area contributed by atoms with Gasteiger partial charge in [-0.25, -0.2) is 4.39 Å². The van der Waals surface area contributed by atoms with Gasteiger partial charge in [-0.1, -0.05) is 11.3 Å². The Morgan fingerprint density at radius 3 is 2.82 bits per heavy atom. The first-order valence-electron chi connectivity index (χ1n) is 12.1. The van der Waals surface area contributed by atoms with Crippen LogP contribution >= 0.6 is 11.3 Å². The standard InChI is InChI=1S/C24H31FN4O3S/c25-19-1-2-22(31-12-17-5-8-30-11-17)21(9-19)18-3-6-28(7-4-18)20-10-24(32-13-20)14-29(15-24)23-27-26-16-33-23/h1-2,9,16-18,20H,3-8,10-15H2/t17-,20-/m0/s1. The van der Waals surface area contributed by atoms with Gasteiger partial charge < -0.3 is 19.1 Å². The van der Waals surface area contributed by atoms with E-state index in [2.05, 4.69) is 20.0 Å². The molecule has 9 heteroatoms. The van der Waals surface area contributed by atoms with E-state index >= 15 is 0 Å². The molecule has 7 nitrogen and oxygen atoms in total. The molecule has 1 aromatic carbocycles. The van der Waals surface area contributed by atoms with Crippen LogP contribution in [0.5, 0.6) is 5.75 Å². The second-order valence-corrected chi connectivity index (χ2v) is 10.8. The third-order valence-electron chi connectivity index (χ3n) is 7.72. The molecule has 0 amide bonds. The molecule has 0 unspecified atom stereocenters. The highest BCUT2D eigenvalue weighted by molar-refractivity contribution is 7.13. The van der Waals surface area contributed by atoms with E-state index in [1.165, 1.54) is 6.07 Å². The van der Waals surface area contributed by atoms with Crippen molar-refractivity contribution in [1.82, 2.24) is 15.1 Å². The van der Waals surface area contributed by atoms with Gasteiger partial charge in [-0.15, -0.1) is 10.2 Å². The van der Waals surface area contributed by atoms with Gasteiger partial charge in [0.25, 0.3) is 0 Å². The van der Waals surface area contributed by atoms with Crippen LogP contribution in [0.3, 0.4) is 0 Å². The van der Waals surface area contributed by atoms with Crippen molar-refractivity contribution in [2.24, 2.45) is 5.92 Å². The highest BCUT2D eigenvalue weighted by atomic mass is 32.1. The lowest BCUT2D eigenvalue weighted by molar-refractivity contribution is -0.0195. The molecule has 1 aromatic heterocycles. The first-order valence-corrected chi connectivity index (χ1v) is 12.9. The molecule has 0 radical (unpaired) electrons. The SMILES string of the molecule is Fc1ccc(OC[C@H]2CCOC2)c(C2CCN([C@@H]3COC4(C3)CN(c3nncs3)C4)CC2)c1. The molecule has 4 aliphatic rings. The highest BCUT2D eigenvalue weighted by Gasteiger charge is 2.51. The molecular weight excluding hydrogens is 443 g/mol. The number of hydrogen-bond acceptors (Lipinski definition) is 8. The van der Waals surface area contributed by atoms with Crippen LogP contribution in [-0.2, 0) is 9.47 Å². The summed E-state index contributed by atoms with van der Waals surface area (Å²) in [5.41, 5.74) is 2.78. The molecule has 2 aromatic rings. The molecule has 0 bridgehead atoms. The van der Waals surface area contributed by atoms with E-state index in [1.54, 1.807) is 22.9 Å². The zero-order chi connectivity index (χ0) is 22.3. The van der Waals surface area contributed by atoms with E-state index in [0.29, 0.717) is 24.5 Å². The lowest BCUT2D eigenvalue weighted by Crippen LogP contribution is -2.62. The van der Waals surface area contributed by atoms with Crippen molar-refractivity contribution >= 4 is 16.5 Å². The van der Waals surface area contributed by atoms with E-state index in [-0.39, 0.29) is 11.4 Å². The number of hydrogen-bond donors (Lipinski definition) is 0. The first kappa shape index (κ1) is 21.7. The van der Waals surface area contributed by atoms with Gasteiger partial charge in [0.1, 0.15) is 22.7 Å². The molecule has 4 fully saturated rings. The Morgan fingerprint density at radius 1 is 1.18 bits per heavy atom. The quantitative estimate of drug-likeness (QED) is 0.637. The predicted molar refractivity (Wildman–Crippen MR) is 124 cm³/mol. The zero-order valence-electron chi connectivity index (χ0n) is 18.8. The van der Waals surface area contributed by atoms with Crippen LogP contribution in [0, 0.1) is 11.7 Å². The van der Waals surface area contributed by atoms with Crippen molar-refractivity contribution in [3.63, 3.8) is 0 Å². The molecule has 4 saturated heterocycles. The normalized spacial score (nSPS) is 27.8. The molecule has 178 valence electrons. The number of rotatable bonds is 6. The number of benzene rings is 1. The maximum absolute atomic E-state index is 14.1. The average Bonchev–Trinajstić information content (AvgIpc) is 3.59. The van der Waals surface area contributed by atoms with Crippen molar-refractivity contribution in [2.45, 2.75) is 43.2 Å². The van der Waals surface area contributed by atoms with Crippen molar-refractivity contribution < 1.29 is 18.6 Å². The summed E-state index contributed by atoms with van der Waals surface area (Å²) in [4.78, 5) is 4.84. The maximum Gasteiger partial charge on any atom is 0.208 e. The third-order valence-corrected chi connectivity index (χ3v) is 8.47. The van der Waals surface area contributed by atoms with Crippen LogP contribution in [0.2, 0.25) is 0 Å². The summed E-state index contributed by atoms with van der Waals surface area (Å²) in [7, 11) is 0. The minimum Gasteiger partial charge on any atom is -0.493 e. The molecule has 5 heterocycles. The topological polar surface area (TPSA) is 60.0 Å². The molecule has 0 saturated carbocycles. The average molecular weight is 475 g/mol. The van der Waals surface area contributed by atoms with Crippen LogP contribution in [0.25, 0.3) is 0 Å². The van der Waals surface area contributed by atoms with E-state index in [4.69, 9.17) is 14.2 Å². The summed E-state index contributed by atoms with van der Waals surface area (Å²) >= 11 is 1.58. The second kappa shape index (κ2) is 9.09. The van der Waals surface area contributed by atoms with Gasteiger partial charge in [0.05, 0.1) is 32.9 Å². The largest absolute Gasteiger partial charge is 0.493 e. The number of nitrogens with zero attached hydrogens (tertiary/aromatic N) is 4. The number of piperidine rings is 1. The molecule has 0 aliphatic carbocycles. The van der Waals surface area contributed by atoms with Crippen LogP contribution in [0.1, 0.15) is 37.2 Å². The van der Waals surface area contributed by atoms with E-state index < -0.39 is 0 Å². The summed E-state index contributed by atoms with van der Waals surface area (Å²) < 4.78 is 32.0. The third kappa shape index (κ3) is 4.48. The zero-order valence-corrected chi connectivity index (χ0v) is 19.6. The van der Waals surface area contributed by atoms with Crippen molar-refractivity contribution in [3.05, 3.63) is 35.1 Å². The number of aromatic nitrogens is 2. The van der Waals surface area contributed by atoms with E-state index in [1.807, 2.05) is 6.07 Å². The smallest absolute Gasteiger partial charge is 0.208 e. The number of anilines is 1. The summed E-state index contributed by atoms with van der Waals surface area (Å²) in [5.74, 6) is 1.43. The summed E-state index contributed by atoms with van der Waals surface area (Å²) in [5, 5.41) is 9.10. The second-order valence-electron chi connectivity index (χ2n) is 9.96. The monoisotopic (exact) mass is 474 g/mol. The Bertz CT molecular complexity index is 941. The molecular formula is C24H31FN4O3S. The van der Waals surface area contributed by atoms with Crippen LogP contribution < -0.4 is 9.64 Å². The minimum atomic E-state index is -0.180. The lowest BCUT2D eigenvalue weighted by Gasteiger charge is -2.47. The van der Waals surface area contributed by atoms with Gasteiger partial charge in [-0.3, -0.25) is 4.90 Å². The van der Waals surface area contributed by atoms with Gasteiger partial charge >= 0.3 is 0 Å². The van der Waals surface area contributed by atoms with E-state index in [9.17, 15) is 4.39 Å². The highest BCUT2D eigenvalue weighted by Crippen LogP contribution is 2.41. The summed E-state index contributed by atoms with van der Waals surface area (Å²) in [6.07, 6.45) is 4.16. The Kier molecular flexibility index (Phi) is 5.98. The van der Waals surface area contributed by atoms with Gasteiger partial charge in [0.2, 0.25) is 5.13 Å². The predicted octanol–water partition coefficient (Wildman–Crippen LogP) is 3.32. The summed E-state index contributed by atoms with van der Waals surface area (Å²) in [6.45, 7) is 6.87. The van der Waals surface area contributed by atoms with Gasteiger partial charge in [0, 0.05) is 24.1 Å².